The Morgan fingerprint density at radius 2 is 1.92 bits per heavy atom. The predicted octanol–water partition coefficient (Wildman–Crippen LogP) is 3.21. The molecule has 25 heavy (non-hydrogen) atoms. The van der Waals surface area contributed by atoms with Crippen molar-refractivity contribution in [1.29, 1.82) is 0 Å². The SMILES string of the molecule is CCc1cc(=O)oc2nc(O[C@@H](c3ccccc3)C(C)C)[nH]c(=O)c12. The number of ether oxygens (including phenoxy) is 1. The maximum absolute atomic E-state index is 12.4. The molecule has 1 atom stereocenters. The number of hydrogen-bond donors (Lipinski definition) is 1. The lowest BCUT2D eigenvalue weighted by Crippen LogP contribution is -2.19. The summed E-state index contributed by atoms with van der Waals surface area (Å²) < 4.78 is 11.0. The minimum Gasteiger partial charge on any atom is -0.456 e. The number of H-pyrrole nitrogens is 1. The molecule has 3 aromatic rings. The van der Waals surface area contributed by atoms with Gasteiger partial charge in [-0.1, -0.05) is 51.1 Å². The minimum atomic E-state index is -0.531. The smallest absolute Gasteiger partial charge is 0.337 e. The summed E-state index contributed by atoms with van der Waals surface area (Å²) in [6.07, 6.45) is 0.244. The van der Waals surface area contributed by atoms with Crippen molar-refractivity contribution in [3.05, 3.63) is 68.3 Å². The third-order valence-corrected chi connectivity index (χ3v) is 4.03. The molecule has 0 saturated carbocycles. The van der Waals surface area contributed by atoms with Crippen LogP contribution in [0.4, 0.5) is 0 Å². The van der Waals surface area contributed by atoms with Crippen molar-refractivity contribution < 1.29 is 9.15 Å². The second-order valence-electron chi connectivity index (χ2n) is 6.19. The molecule has 0 amide bonds. The largest absolute Gasteiger partial charge is 0.456 e. The van der Waals surface area contributed by atoms with Gasteiger partial charge in [0.15, 0.2) is 0 Å². The second kappa shape index (κ2) is 6.93. The molecule has 130 valence electrons. The van der Waals surface area contributed by atoms with Crippen LogP contribution < -0.4 is 15.9 Å². The molecule has 1 N–H and O–H groups in total. The van der Waals surface area contributed by atoms with E-state index < -0.39 is 5.63 Å². The Morgan fingerprint density at radius 1 is 1.20 bits per heavy atom. The van der Waals surface area contributed by atoms with Crippen LogP contribution in [-0.4, -0.2) is 9.97 Å². The van der Waals surface area contributed by atoms with Crippen LogP contribution in [-0.2, 0) is 6.42 Å². The van der Waals surface area contributed by atoms with Crippen LogP contribution in [0, 0.1) is 5.92 Å². The number of rotatable bonds is 5. The summed E-state index contributed by atoms with van der Waals surface area (Å²) in [6, 6.07) is 11.1. The van der Waals surface area contributed by atoms with Gasteiger partial charge in [-0.05, 0) is 23.5 Å². The number of aryl methyl sites for hydroxylation is 1. The summed E-state index contributed by atoms with van der Waals surface area (Å²) in [6.45, 7) is 5.90. The van der Waals surface area contributed by atoms with Gasteiger partial charge in [0.1, 0.15) is 11.5 Å². The van der Waals surface area contributed by atoms with Crippen LogP contribution in [0.15, 0.2) is 50.4 Å². The molecular weight excluding hydrogens is 320 g/mol. The highest BCUT2D eigenvalue weighted by atomic mass is 16.5. The number of hydrogen-bond acceptors (Lipinski definition) is 5. The first-order chi connectivity index (χ1) is 12.0. The van der Waals surface area contributed by atoms with E-state index in [0.717, 1.165) is 5.56 Å². The maximum Gasteiger partial charge on any atom is 0.337 e. The molecule has 0 radical (unpaired) electrons. The van der Waals surface area contributed by atoms with E-state index in [2.05, 4.69) is 9.97 Å². The highest BCUT2D eigenvalue weighted by Crippen LogP contribution is 2.26. The molecule has 0 spiro atoms. The first-order valence-corrected chi connectivity index (χ1v) is 8.28. The van der Waals surface area contributed by atoms with Crippen molar-refractivity contribution in [3.8, 4) is 6.01 Å². The molecule has 0 saturated heterocycles. The van der Waals surface area contributed by atoms with Gasteiger partial charge in [0, 0.05) is 6.07 Å². The molecule has 6 heteroatoms. The van der Waals surface area contributed by atoms with Gasteiger partial charge in [0.05, 0.1) is 0 Å². The third-order valence-electron chi connectivity index (χ3n) is 4.03. The van der Waals surface area contributed by atoms with E-state index in [-0.39, 0.29) is 34.7 Å². The van der Waals surface area contributed by atoms with Gasteiger partial charge in [-0.2, -0.15) is 4.98 Å². The van der Waals surface area contributed by atoms with Crippen LogP contribution in [0.3, 0.4) is 0 Å². The van der Waals surface area contributed by atoms with Gasteiger partial charge in [0.2, 0.25) is 5.71 Å². The van der Waals surface area contributed by atoms with Crippen molar-refractivity contribution in [2.45, 2.75) is 33.3 Å². The lowest BCUT2D eigenvalue weighted by Gasteiger charge is -2.22. The van der Waals surface area contributed by atoms with Crippen LogP contribution in [0.25, 0.3) is 11.1 Å². The summed E-state index contributed by atoms with van der Waals surface area (Å²) in [5.41, 5.74) is 0.672. The average molecular weight is 340 g/mol. The summed E-state index contributed by atoms with van der Waals surface area (Å²) in [7, 11) is 0. The summed E-state index contributed by atoms with van der Waals surface area (Å²) in [4.78, 5) is 31.0. The van der Waals surface area contributed by atoms with Gasteiger partial charge in [-0.25, -0.2) is 4.79 Å². The quantitative estimate of drug-likeness (QED) is 0.771. The molecule has 6 nitrogen and oxygen atoms in total. The fourth-order valence-electron chi connectivity index (χ4n) is 2.82. The Morgan fingerprint density at radius 3 is 2.56 bits per heavy atom. The second-order valence-corrected chi connectivity index (χ2v) is 6.19. The van der Waals surface area contributed by atoms with Crippen molar-refractivity contribution in [2.24, 2.45) is 5.92 Å². The number of benzene rings is 1. The van der Waals surface area contributed by atoms with Crippen molar-refractivity contribution in [2.75, 3.05) is 0 Å². The van der Waals surface area contributed by atoms with E-state index in [1.807, 2.05) is 51.1 Å². The number of nitrogens with one attached hydrogen (secondary N) is 1. The van der Waals surface area contributed by atoms with E-state index in [1.54, 1.807) is 0 Å². The van der Waals surface area contributed by atoms with Crippen molar-refractivity contribution in [3.63, 3.8) is 0 Å². The molecule has 0 unspecified atom stereocenters. The number of fused-ring (bicyclic) bond motifs is 1. The maximum atomic E-state index is 12.4. The molecule has 0 bridgehead atoms. The van der Waals surface area contributed by atoms with E-state index in [0.29, 0.717) is 12.0 Å². The highest BCUT2D eigenvalue weighted by Gasteiger charge is 2.20. The Kier molecular flexibility index (Phi) is 4.70. The Bertz CT molecular complexity index is 990. The van der Waals surface area contributed by atoms with Gasteiger partial charge < -0.3 is 9.15 Å². The lowest BCUT2D eigenvalue weighted by molar-refractivity contribution is 0.139. The monoisotopic (exact) mass is 340 g/mol. The molecule has 3 rings (SSSR count). The molecule has 0 aliphatic heterocycles. The fourth-order valence-corrected chi connectivity index (χ4v) is 2.82. The van der Waals surface area contributed by atoms with E-state index in [9.17, 15) is 9.59 Å². The van der Waals surface area contributed by atoms with Crippen LogP contribution >= 0.6 is 0 Å². The topological polar surface area (TPSA) is 85.2 Å². The molecule has 2 heterocycles. The molecule has 2 aromatic heterocycles. The normalized spacial score (nSPS) is 12.5. The van der Waals surface area contributed by atoms with Crippen LogP contribution in [0.5, 0.6) is 6.01 Å². The summed E-state index contributed by atoms with van der Waals surface area (Å²) in [5.74, 6) is 0.150. The van der Waals surface area contributed by atoms with Crippen LogP contribution in [0.2, 0.25) is 0 Å². The molecule has 1 aromatic carbocycles. The Hall–Kier alpha value is -2.89. The van der Waals surface area contributed by atoms with Gasteiger partial charge in [-0.15, -0.1) is 0 Å². The van der Waals surface area contributed by atoms with E-state index in [4.69, 9.17) is 9.15 Å². The number of nitrogens with zero attached hydrogens (tertiary/aromatic N) is 1. The first-order valence-electron chi connectivity index (χ1n) is 8.28. The average Bonchev–Trinajstić information content (AvgIpc) is 2.59. The zero-order valence-electron chi connectivity index (χ0n) is 14.4. The molecule has 0 aliphatic rings. The van der Waals surface area contributed by atoms with Gasteiger partial charge in [-0.3, -0.25) is 9.78 Å². The van der Waals surface area contributed by atoms with Crippen LogP contribution in [0.1, 0.15) is 38.0 Å². The van der Waals surface area contributed by atoms with Crippen molar-refractivity contribution in [1.82, 2.24) is 9.97 Å². The van der Waals surface area contributed by atoms with Gasteiger partial charge in [0.25, 0.3) is 11.6 Å². The zero-order chi connectivity index (χ0) is 18.0. The molecule has 0 fully saturated rings. The standard InChI is InChI=1S/C19H20N2O4/c1-4-12-10-14(22)24-18-15(12)17(23)20-19(21-18)25-16(11(2)3)13-8-6-5-7-9-13/h5-11,16H,4H2,1-3H3,(H,20,21,23)/t16-/m1/s1. The van der Waals surface area contributed by atoms with E-state index in [1.165, 1.54) is 6.07 Å². The lowest BCUT2D eigenvalue weighted by atomic mass is 9.99. The first kappa shape index (κ1) is 17.0. The van der Waals surface area contributed by atoms with Gasteiger partial charge >= 0.3 is 5.63 Å². The molecular formula is C19H20N2O4. The minimum absolute atomic E-state index is 0.00123. The third kappa shape index (κ3) is 3.47. The highest BCUT2D eigenvalue weighted by molar-refractivity contribution is 5.75. The summed E-state index contributed by atoms with van der Waals surface area (Å²) in [5, 5.41) is 0.287. The fraction of sp³-hybridized carbons (Fsp3) is 0.316. The Labute approximate surface area is 144 Å². The predicted molar refractivity (Wildman–Crippen MR) is 94.9 cm³/mol. The Balaban J connectivity index is 2.07. The number of aromatic amines is 1. The van der Waals surface area contributed by atoms with E-state index >= 15 is 0 Å². The molecule has 0 aliphatic carbocycles. The van der Waals surface area contributed by atoms with Crippen molar-refractivity contribution >= 4 is 11.1 Å². The number of aromatic nitrogens is 2. The zero-order valence-corrected chi connectivity index (χ0v) is 14.4. The summed E-state index contributed by atoms with van der Waals surface area (Å²) >= 11 is 0.